The van der Waals surface area contributed by atoms with Gasteiger partial charge in [0.2, 0.25) is 5.91 Å². The average Bonchev–Trinajstić information content (AvgIpc) is 2.99. The zero-order chi connectivity index (χ0) is 16.1. The third-order valence-corrected chi connectivity index (χ3v) is 6.20. The Bertz CT molecular complexity index is 638. The average molecular weight is 348 g/mol. The molecule has 1 unspecified atom stereocenters. The molecule has 2 aromatic rings. The monoisotopic (exact) mass is 347 g/mol. The summed E-state index contributed by atoms with van der Waals surface area (Å²) in [6, 6.07) is 10.3. The number of aryl methyl sites for hydroxylation is 1. The lowest BCUT2D eigenvalue weighted by Gasteiger charge is -2.25. The number of thioether (sulfide) groups is 1. The Kier molecular flexibility index (Phi) is 5.67. The first-order valence-electron chi connectivity index (χ1n) is 8.04. The summed E-state index contributed by atoms with van der Waals surface area (Å²) in [7, 11) is 0. The maximum Gasteiger partial charge on any atom is 0.238 e. The molecule has 0 saturated heterocycles. The number of hydrogen-bond donors (Lipinski definition) is 1. The highest BCUT2D eigenvalue weighted by atomic mass is 32.2. The van der Waals surface area contributed by atoms with Crippen molar-refractivity contribution >= 4 is 29.0 Å². The number of nitrogens with one attached hydrogen (secondary N) is 1. The lowest BCUT2D eigenvalue weighted by molar-refractivity contribution is -0.121. The van der Waals surface area contributed by atoms with Gasteiger partial charge in [0.25, 0.3) is 0 Å². The van der Waals surface area contributed by atoms with Crippen LogP contribution in [0.5, 0.6) is 0 Å². The van der Waals surface area contributed by atoms with Crippen LogP contribution in [0.3, 0.4) is 0 Å². The van der Waals surface area contributed by atoms with Crippen LogP contribution in [0.1, 0.15) is 47.9 Å². The molecule has 1 N–H and O–H groups in total. The van der Waals surface area contributed by atoms with E-state index in [1.165, 1.54) is 42.4 Å². The molecule has 4 nitrogen and oxygen atoms in total. The molecular formula is C17H21N3OS2. The van der Waals surface area contributed by atoms with Crippen LogP contribution < -0.4 is 5.32 Å². The standard InChI is InChI=1S/C17H21N3OS2/c1-12-19-20-17(22-12)23-15(13-8-4-2-5-9-13)16(21)18-14-10-6-3-7-11-14/h2,4-5,8-9,14-15H,3,6-7,10-11H2,1H3,(H,18,21). The molecule has 23 heavy (non-hydrogen) atoms. The van der Waals surface area contributed by atoms with Crippen LogP contribution in [-0.4, -0.2) is 22.1 Å². The van der Waals surface area contributed by atoms with E-state index in [2.05, 4.69) is 15.5 Å². The molecule has 1 heterocycles. The molecule has 122 valence electrons. The van der Waals surface area contributed by atoms with E-state index in [-0.39, 0.29) is 11.2 Å². The maximum absolute atomic E-state index is 12.8. The molecule has 1 aromatic heterocycles. The second-order valence-corrected chi connectivity index (χ2v) is 8.37. The fraction of sp³-hybridized carbons (Fsp3) is 0.471. The maximum atomic E-state index is 12.8. The van der Waals surface area contributed by atoms with Gasteiger partial charge in [-0.2, -0.15) is 0 Å². The fourth-order valence-corrected chi connectivity index (χ4v) is 4.87. The largest absolute Gasteiger partial charge is 0.352 e. The van der Waals surface area contributed by atoms with E-state index in [1.807, 2.05) is 37.3 Å². The zero-order valence-corrected chi connectivity index (χ0v) is 14.8. The van der Waals surface area contributed by atoms with Gasteiger partial charge in [0.05, 0.1) is 0 Å². The molecule has 1 aliphatic rings. The Morgan fingerprint density at radius 3 is 2.61 bits per heavy atom. The van der Waals surface area contributed by atoms with Gasteiger partial charge in [0.15, 0.2) is 4.34 Å². The minimum atomic E-state index is -0.273. The van der Waals surface area contributed by atoms with Gasteiger partial charge >= 0.3 is 0 Å². The van der Waals surface area contributed by atoms with Crippen molar-refractivity contribution in [2.45, 2.75) is 54.7 Å². The predicted octanol–water partition coefficient (Wildman–Crippen LogP) is 4.13. The van der Waals surface area contributed by atoms with Crippen molar-refractivity contribution < 1.29 is 4.79 Å². The normalized spacial score (nSPS) is 16.9. The Labute approximate surface area is 145 Å². The summed E-state index contributed by atoms with van der Waals surface area (Å²) in [5, 5.41) is 12.1. The summed E-state index contributed by atoms with van der Waals surface area (Å²) in [6.45, 7) is 1.93. The van der Waals surface area contributed by atoms with E-state index < -0.39 is 0 Å². The molecule has 0 spiro atoms. The van der Waals surface area contributed by atoms with Crippen LogP contribution in [0, 0.1) is 6.92 Å². The Balaban J connectivity index is 1.75. The number of carbonyl (C=O) groups excluding carboxylic acids is 1. The second kappa shape index (κ2) is 7.93. The van der Waals surface area contributed by atoms with Crippen molar-refractivity contribution in [1.82, 2.24) is 15.5 Å². The number of hydrogen-bond acceptors (Lipinski definition) is 5. The van der Waals surface area contributed by atoms with Gasteiger partial charge < -0.3 is 5.32 Å². The Morgan fingerprint density at radius 2 is 1.96 bits per heavy atom. The smallest absolute Gasteiger partial charge is 0.238 e. The van der Waals surface area contributed by atoms with Crippen LogP contribution in [0.2, 0.25) is 0 Å². The number of rotatable bonds is 5. The van der Waals surface area contributed by atoms with Crippen LogP contribution in [0.25, 0.3) is 0 Å². The first-order chi connectivity index (χ1) is 11.2. The molecule has 0 radical (unpaired) electrons. The molecule has 6 heteroatoms. The topological polar surface area (TPSA) is 54.9 Å². The van der Waals surface area contributed by atoms with Crippen molar-refractivity contribution in [3.05, 3.63) is 40.9 Å². The van der Waals surface area contributed by atoms with Crippen LogP contribution in [0.4, 0.5) is 0 Å². The number of aromatic nitrogens is 2. The van der Waals surface area contributed by atoms with E-state index in [9.17, 15) is 4.79 Å². The third-order valence-electron chi connectivity index (χ3n) is 4.02. The van der Waals surface area contributed by atoms with Crippen molar-refractivity contribution in [2.75, 3.05) is 0 Å². The molecular weight excluding hydrogens is 326 g/mol. The van der Waals surface area contributed by atoms with Gasteiger partial charge in [0, 0.05) is 6.04 Å². The van der Waals surface area contributed by atoms with E-state index in [0.717, 1.165) is 27.8 Å². The molecule has 1 fully saturated rings. The van der Waals surface area contributed by atoms with Crippen molar-refractivity contribution in [1.29, 1.82) is 0 Å². The summed E-state index contributed by atoms with van der Waals surface area (Å²) < 4.78 is 0.843. The highest BCUT2D eigenvalue weighted by Gasteiger charge is 2.26. The molecule has 1 aliphatic carbocycles. The molecule has 0 bridgehead atoms. The summed E-state index contributed by atoms with van der Waals surface area (Å²) in [4.78, 5) is 12.8. The molecule has 0 aliphatic heterocycles. The summed E-state index contributed by atoms with van der Waals surface area (Å²) in [6.07, 6.45) is 5.90. The van der Waals surface area contributed by atoms with E-state index in [0.29, 0.717) is 6.04 Å². The van der Waals surface area contributed by atoms with Crippen molar-refractivity contribution in [3.63, 3.8) is 0 Å². The third kappa shape index (κ3) is 4.54. The quantitative estimate of drug-likeness (QED) is 0.826. The SMILES string of the molecule is Cc1nnc(SC(C(=O)NC2CCCCC2)c2ccccc2)s1. The Hall–Kier alpha value is -1.40. The molecule has 1 amide bonds. The second-order valence-electron chi connectivity index (χ2n) is 5.84. The first-order valence-corrected chi connectivity index (χ1v) is 9.74. The van der Waals surface area contributed by atoms with Crippen molar-refractivity contribution in [2.24, 2.45) is 0 Å². The molecule has 1 aromatic carbocycles. The van der Waals surface area contributed by atoms with Gasteiger partial charge in [-0.15, -0.1) is 10.2 Å². The molecule has 1 saturated carbocycles. The predicted molar refractivity (Wildman–Crippen MR) is 94.7 cm³/mol. The van der Waals surface area contributed by atoms with Crippen LogP contribution in [-0.2, 0) is 4.79 Å². The minimum Gasteiger partial charge on any atom is -0.352 e. The van der Waals surface area contributed by atoms with Crippen molar-refractivity contribution in [3.8, 4) is 0 Å². The molecule has 1 atom stereocenters. The van der Waals surface area contributed by atoms with Crippen LogP contribution >= 0.6 is 23.1 Å². The molecule has 3 rings (SSSR count). The zero-order valence-electron chi connectivity index (χ0n) is 13.2. The van der Waals surface area contributed by atoms with Gasteiger partial charge in [-0.1, -0.05) is 72.7 Å². The lowest BCUT2D eigenvalue weighted by Crippen LogP contribution is -2.38. The van der Waals surface area contributed by atoms with E-state index >= 15 is 0 Å². The minimum absolute atomic E-state index is 0.0842. The number of carbonyl (C=O) groups is 1. The highest BCUT2D eigenvalue weighted by molar-refractivity contribution is 8.01. The lowest BCUT2D eigenvalue weighted by atomic mass is 9.95. The van der Waals surface area contributed by atoms with Gasteiger partial charge in [-0.05, 0) is 25.3 Å². The van der Waals surface area contributed by atoms with Gasteiger partial charge in [-0.3, -0.25) is 4.79 Å². The number of amides is 1. The van der Waals surface area contributed by atoms with Gasteiger partial charge in [-0.25, -0.2) is 0 Å². The van der Waals surface area contributed by atoms with Crippen LogP contribution in [0.15, 0.2) is 34.7 Å². The first kappa shape index (κ1) is 16.5. The Morgan fingerprint density at radius 1 is 1.22 bits per heavy atom. The van der Waals surface area contributed by atoms with E-state index in [4.69, 9.17) is 0 Å². The van der Waals surface area contributed by atoms with E-state index in [1.54, 1.807) is 0 Å². The number of benzene rings is 1. The fourth-order valence-electron chi connectivity index (χ4n) is 2.85. The summed E-state index contributed by atoms with van der Waals surface area (Å²) in [5.41, 5.74) is 1.01. The summed E-state index contributed by atoms with van der Waals surface area (Å²) >= 11 is 3.03. The summed E-state index contributed by atoms with van der Waals surface area (Å²) in [5.74, 6) is 0.0842. The highest BCUT2D eigenvalue weighted by Crippen LogP contribution is 2.37. The number of nitrogens with zero attached hydrogens (tertiary/aromatic N) is 2. The van der Waals surface area contributed by atoms with Gasteiger partial charge in [0.1, 0.15) is 10.3 Å².